The Labute approximate surface area is 322 Å². The second-order valence-electron chi connectivity index (χ2n) is 14.7. The molecule has 0 spiro atoms. The van der Waals surface area contributed by atoms with Crippen molar-refractivity contribution in [1.29, 1.82) is 0 Å². The van der Waals surface area contributed by atoms with Crippen molar-refractivity contribution in [3.63, 3.8) is 0 Å². The van der Waals surface area contributed by atoms with Gasteiger partial charge in [0.1, 0.15) is 0 Å². The maximum absolute atomic E-state index is 5.26. The molecule has 3 heterocycles. The topological polar surface area (TPSA) is 22.8 Å². The number of hydrogen-bond donors (Lipinski definition) is 0. The summed E-state index contributed by atoms with van der Waals surface area (Å²) in [7, 11) is 0. The Kier molecular flexibility index (Phi) is 6.63. The van der Waals surface area contributed by atoms with Gasteiger partial charge in [0.2, 0.25) is 0 Å². The van der Waals surface area contributed by atoms with Crippen molar-refractivity contribution in [3.05, 3.63) is 200 Å². The Balaban J connectivity index is 0.956. The first-order chi connectivity index (χ1) is 27.8. The van der Waals surface area contributed by atoms with Crippen LogP contribution >= 0.6 is 0 Å². The van der Waals surface area contributed by atoms with Gasteiger partial charge in [0.05, 0.1) is 33.3 Å². The van der Waals surface area contributed by atoms with Crippen molar-refractivity contribution < 1.29 is 0 Å². The number of hydrogen-bond acceptors (Lipinski definition) is 1. The summed E-state index contributed by atoms with van der Waals surface area (Å²) in [6.07, 6.45) is 0. The lowest BCUT2D eigenvalue weighted by molar-refractivity contribution is 1.18. The van der Waals surface area contributed by atoms with E-state index in [1.54, 1.807) is 0 Å². The second-order valence-corrected chi connectivity index (χ2v) is 14.7. The van der Waals surface area contributed by atoms with Gasteiger partial charge >= 0.3 is 0 Å². The summed E-state index contributed by atoms with van der Waals surface area (Å²) < 4.78 is 4.74. The number of rotatable bonds is 4. The lowest BCUT2D eigenvalue weighted by Gasteiger charge is -2.14. The van der Waals surface area contributed by atoms with E-state index in [1.807, 2.05) is 0 Å². The predicted molar refractivity (Wildman–Crippen MR) is 236 cm³/mol. The highest BCUT2D eigenvalue weighted by atomic mass is 15.0. The van der Waals surface area contributed by atoms with E-state index in [-0.39, 0.29) is 0 Å². The third kappa shape index (κ3) is 4.55. The van der Waals surface area contributed by atoms with E-state index < -0.39 is 0 Å². The fourth-order valence-corrected chi connectivity index (χ4v) is 9.14. The van der Waals surface area contributed by atoms with Gasteiger partial charge in [-0.1, -0.05) is 140 Å². The lowest BCUT2D eigenvalue weighted by Crippen LogP contribution is -1.94. The maximum atomic E-state index is 5.26. The van der Waals surface area contributed by atoms with Crippen LogP contribution in [0.5, 0.6) is 0 Å². The maximum Gasteiger partial charge on any atom is 0.0970 e. The van der Waals surface area contributed by atoms with Crippen molar-refractivity contribution in [1.82, 2.24) is 14.1 Å². The number of nitrogens with zero attached hydrogens (tertiary/aromatic N) is 3. The molecule has 0 amide bonds. The van der Waals surface area contributed by atoms with E-state index in [1.165, 1.54) is 65.3 Å². The zero-order chi connectivity index (χ0) is 36.7. The van der Waals surface area contributed by atoms with Crippen LogP contribution in [0.15, 0.2) is 200 Å². The van der Waals surface area contributed by atoms with Crippen LogP contribution in [-0.4, -0.2) is 14.1 Å². The van der Waals surface area contributed by atoms with Crippen molar-refractivity contribution in [2.24, 2.45) is 0 Å². The van der Waals surface area contributed by atoms with Gasteiger partial charge in [-0.05, 0) is 104 Å². The van der Waals surface area contributed by atoms with Crippen molar-refractivity contribution in [2.75, 3.05) is 0 Å². The fraction of sp³-hybridized carbons (Fsp3) is 0. The lowest BCUT2D eigenvalue weighted by atomic mass is 9.94. The minimum absolute atomic E-state index is 0.967. The second kappa shape index (κ2) is 12.0. The molecule has 0 bridgehead atoms. The standard InChI is InChI=1S/C53H33N3/c1-2-12-37(13-3-1)55-50-21-11-9-19-45(50)53-52(55)31-29-48(54-53)35-24-22-34(23-25-35)36-26-30-51-47(32-36)44-18-8-10-20-49(44)56(51)38-27-28-43-41-16-5-4-14-39(41)40-15-6-7-17-42(40)46(43)33-38/h1-33H. The molecule has 3 nitrogen and oxygen atoms in total. The number of pyridine rings is 1. The van der Waals surface area contributed by atoms with E-state index in [4.69, 9.17) is 4.98 Å². The molecule has 0 N–H and O–H groups in total. The van der Waals surface area contributed by atoms with Gasteiger partial charge in [-0.2, -0.15) is 0 Å². The molecule has 12 aromatic rings. The molecule has 9 aromatic carbocycles. The molecule has 0 aliphatic heterocycles. The molecule has 0 saturated heterocycles. The Bertz CT molecular complexity index is 3480. The minimum atomic E-state index is 0.967. The van der Waals surface area contributed by atoms with E-state index >= 15 is 0 Å². The minimum Gasteiger partial charge on any atom is -0.309 e. The first-order valence-electron chi connectivity index (χ1n) is 19.2. The highest BCUT2D eigenvalue weighted by Gasteiger charge is 2.17. The first-order valence-corrected chi connectivity index (χ1v) is 19.2. The van der Waals surface area contributed by atoms with Crippen LogP contribution in [0, 0.1) is 0 Å². The van der Waals surface area contributed by atoms with Crippen molar-refractivity contribution in [3.8, 4) is 33.8 Å². The van der Waals surface area contributed by atoms with E-state index in [2.05, 4.69) is 209 Å². The molecule has 0 fully saturated rings. The summed E-state index contributed by atoms with van der Waals surface area (Å²) in [5.74, 6) is 0. The van der Waals surface area contributed by atoms with Crippen LogP contribution < -0.4 is 0 Å². The molecule has 0 atom stereocenters. The molecule has 0 unspecified atom stereocenters. The van der Waals surface area contributed by atoms with Crippen LogP contribution in [0.25, 0.3) is 110 Å². The molecule has 0 saturated carbocycles. The summed E-state index contributed by atoms with van der Waals surface area (Å²) in [5, 5.41) is 11.4. The summed E-state index contributed by atoms with van der Waals surface area (Å²) in [4.78, 5) is 5.26. The van der Waals surface area contributed by atoms with Gasteiger partial charge in [0, 0.05) is 33.1 Å². The average Bonchev–Trinajstić information content (AvgIpc) is 3.79. The molecule has 12 rings (SSSR count). The molecule has 0 aliphatic carbocycles. The monoisotopic (exact) mass is 711 g/mol. The molecule has 3 heteroatoms. The van der Waals surface area contributed by atoms with E-state index in [0.717, 1.165) is 44.6 Å². The molecule has 3 aromatic heterocycles. The highest BCUT2D eigenvalue weighted by Crippen LogP contribution is 2.40. The quantitative estimate of drug-likeness (QED) is 0.167. The molecule has 260 valence electrons. The third-order valence-electron chi connectivity index (χ3n) is 11.7. The molecule has 0 aliphatic rings. The van der Waals surface area contributed by atoms with Crippen LogP contribution in [0.4, 0.5) is 0 Å². The molecular weight excluding hydrogens is 679 g/mol. The van der Waals surface area contributed by atoms with Gasteiger partial charge in [-0.3, -0.25) is 0 Å². The summed E-state index contributed by atoms with van der Waals surface area (Å²) in [6, 6.07) is 72.6. The molecule has 56 heavy (non-hydrogen) atoms. The van der Waals surface area contributed by atoms with Gasteiger partial charge in [0.15, 0.2) is 0 Å². The molecule has 0 radical (unpaired) electrons. The van der Waals surface area contributed by atoms with E-state index in [0.29, 0.717) is 0 Å². The predicted octanol–water partition coefficient (Wildman–Crippen LogP) is 14.1. The number of para-hydroxylation sites is 3. The van der Waals surface area contributed by atoms with Crippen molar-refractivity contribution in [2.45, 2.75) is 0 Å². The average molecular weight is 712 g/mol. The zero-order valence-electron chi connectivity index (χ0n) is 30.4. The number of benzene rings is 9. The first kappa shape index (κ1) is 30.9. The number of aromatic nitrogens is 3. The summed E-state index contributed by atoms with van der Waals surface area (Å²) >= 11 is 0. The van der Waals surface area contributed by atoms with E-state index in [9.17, 15) is 0 Å². The van der Waals surface area contributed by atoms with Crippen LogP contribution in [0.3, 0.4) is 0 Å². The summed E-state index contributed by atoms with van der Waals surface area (Å²) in [6.45, 7) is 0. The Morgan fingerprint density at radius 2 is 0.768 bits per heavy atom. The Morgan fingerprint density at radius 3 is 1.48 bits per heavy atom. The van der Waals surface area contributed by atoms with Crippen LogP contribution in [0.2, 0.25) is 0 Å². The SMILES string of the molecule is c1ccc(-n2c3ccccc3c3nc(-c4ccc(-c5ccc6c(c5)c5ccccc5n6-c5ccc6c7ccccc7c7ccccc7c6c5)cc4)ccc32)cc1. The van der Waals surface area contributed by atoms with Gasteiger partial charge in [0.25, 0.3) is 0 Å². The fourth-order valence-electron chi connectivity index (χ4n) is 9.14. The zero-order valence-corrected chi connectivity index (χ0v) is 30.4. The van der Waals surface area contributed by atoms with Gasteiger partial charge in [-0.15, -0.1) is 0 Å². The Hall–Kier alpha value is -7.49. The van der Waals surface area contributed by atoms with Gasteiger partial charge < -0.3 is 9.13 Å². The van der Waals surface area contributed by atoms with Gasteiger partial charge in [-0.25, -0.2) is 4.98 Å². The normalized spacial score (nSPS) is 11.9. The summed E-state index contributed by atoms with van der Waals surface area (Å²) in [5.41, 5.74) is 12.4. The number of fused-ring (bicyclic) bond motifs is 12. The van der Waals surface area contributed by atoms with Crippen LogP contribution in [-0.2, 0) is 0 Å². The largest absolute Gasteiger partial charge is 0.309 e. The van der Waals surface area contributed by atoms with Crippen molar-refractivity contribution >= 4 is 76.1 Å². The Morgan fingerprint density at radius 1 is 0.268 bits per heavy atom. The highest BCUT2D eigenvalue weighted by molar-refractivity contribution is 6.25. The third-order valence-corrected chi connectivity index (χ3v) is 11.7. The van der Waals surface area contributed by atoms with Crippen LogP contribution in [0.1, 0.15) is 0 Å². The smallest absolute Gasteiger partial charge is 0.0970 e. The molecular formula is C53H33N3.